The lowest BCUT2D eigenvalue weighted by atomic mass is 10.1. The van der Waals surface area contributed by atoms with E-state index in [1.165, 1.54) is 0 Å². The van der Waals surface area contributed by atoms with Crippen molar-refractivity contribution < 1.29 is 4.39 Å². The van der Waals surface area contributed by atoms with E-state index in [4.69, 9.17) is 29.6 Å². The van der Waals surface area contributed by atoms with Crippen molar-refractivity contribution >= 4 is 28.8 Å². The maximum atomic E-state index is 13.8. The minimum atomic E-state index is -0.347. The zero-order valence-corrected chi connectivity index (χ0v) is 12.2. The quantitative estimate of drug-likeness (QED) is 0.814. The summed E-state index contributed by atoms with van der Waals surface area (Å²) in [5, 5.41) is 0.158. The number of hydrogen-bond acceptors (Lipinski definition) is 2. The van der Waals surface area contributed by atoms with E-state index in [9.17, 15) is 4.39 Å². The maximum Gasteiger partial charge on any atom is 0.146 e. The summed E-state index contributed by atoms with van der Waals surface area (Å²) in [7, 11) is 0. The van der Waals surface area contributed by atoms with Crippen LogP contribution < -0.4 is 5.73 Å². The molecule has 0 spiro atoms. The first kappa shape index (κ1) is 15.3. The largest absolute Gasteiger partial charge is 0.393 e. The normalized spacial score (nSPS) is 11.2. The van der Waals surface area contributed by atoms with Gasteiger partial charge in [0.05, 0.1) is 10.0 Å². The molecule has 1 rings (SSSR count). The molecular weight excluding hydrogens is 271 g/mol. The molecule has 0 atom stereocenters. The van der Waals surface area contributed by atoms with Gasteiger partial charge in [-0.15, -0.1) is 0 Å². The van der Waals surface area contributed by atoms with Crippen LogP contribution in [0.2, 0.25) is 5.02 Å². The van der Waals surface area contributed by atoms with Gasteiger partial charge in [-0.2, -0.15) is 0 Å². The Morgan fingerprint density at radius 2 is 2.17 bits per heavy atom. The minimum absolute atomic E-state index is 0.158. The van der Waals surface area contributed by atoms with Gasteiger partial charge in [-0.25, -0.2) is 4.39 Å². The lowest BCUT2D eigenvalue weighted by Gasteiger charge is -2.26. The minimum Gasteiger partial charge on any atom is -0.393 e. The van der Waals surface area contributed by atoms with E-state index in [0.29, 0.717) is 23.5 Å². The van der Waals surface area contributed by atoms with Gasteiger partial charge >= 0.3 is 0 Å². The Kier molecular flexibility index (Phi) is 5.99. The van der Waals surface area contributed by atoms with Crippen LogP contribution in [0.1, 0.15) is 25.8 Å². The van der Waals surface area contributed by atoms with E-state index >= 15 is 0 Å². The summed E-state index contributed by atoms with van der Waals surface area (Å²) in [6.45, 7) is 5.34. The topological polar surface area (TPSA) is 29.3 Å². The van der Waals surface area contributed by atoms with Gasteiger partial charge in [0.2, 0.25) is 0 Å². The second-order valence-electron chi connectivity index (χ2n) is 4.49. The zero-order chi connectivity index (χ0) is 13.7. The summed E-state index contributed by atoms with van der Waals surface area (Å²) in [5.41, 5.74) is 6.09. The molecule has 0 unspecified atom stereocenters. The summed E-state index contributed by atoms with van der Waals surface area (Å²) in [5.74, 6) is -0.347. The molecule has 100 valence electrons. The first-order valence-electron chi connectivity index (χ1n) is 5.87. The highest BCUT2D eigenvalue weighted by molar-refractivity contribution is 7.80. The average Bonchev–Trinajstić information content (AvgIpc) is 2.29. The van der Waals surface area contributed by atoms with Crippen LogP contribution in [0.3, 0.4) is 0 Å². The van der Waals surface area contributed by atoms with E-state index in [2.05, 4.69) is 18.7 Å². The summed E-state index contributed by atoms with van der Waals surface area (Å²) in [6, 6.07) is 5.34. The molecule has 0 aliphatic heterocycles. The predicted octanol–water partition coefficient (Wildman–Crippen LogP) is 3.37. The molecule has 1 aromatic rings. The van der Waals surface area contributed by atoms with Gasteiger partial charge in [0.15, 0.2) is 0 Å². The molecule has 18 heavy (non-hydrogen) atoms. The Morgan fingerprint density at radius 1 is 1.50 bits per heavy atom. The van der Waals surface area contributed by atoms with Crippen molar-refractivity contribution in [2.75, 3.05) is 6.54 Å². The molecule has 0 aliphatic rings. The molecule has 1 aromatic carbocycles. The van der Waals surface area contributed by atoms with Crippen LogP contribution in [0.15, 0.2) is 18.2 Å². The van der Waals surface area contributed by atoms with E-state index in [-0.39, 0.29) is 16.9 Å². The first-order chi connectivity index (χ1) is 8.41. The van der Waals surface area contributed by atoms with Gasteiger partial charge in [0.25, 0.3) is 0 Å². The van der Waals surface area contributed by atoms with Crippen LogP contribution in [0, 0.1) is 5.82 Å². The molecule has 0 amide bonds. The van der Waals surface area contributed by atoms with E-state index in [0.717, 1.165) is 6.54 Å². The van der Waals surface area contributed by atoms with Crippen LogP contribution in [0.25, 0.3) is 0 Å². The third-order valence-corrected chi connectivity index (χ3v) is 3.28. The standard InChI is InChI=1S/C13H18ClFN2S/c1-9(2)17(7-6-12(16)18)8-10-4-3-5-11(14)13(10)15/h3-5,9H,6-8H2,1-2H3,(H2,16,18). The smallest absolute Gasteiger partial charge is 0.146 e. The van der Waals surface area contributed by atoms with Crippen molar-refractivity contribution in [3.05, 3.63) is 34.6 Å². The second-order valence-corrected chi connectivity index (χ2v) is 5.43. The Balaban J connectivity index is 2.77. The third kappa shape index (κ3) is 4.52. The lowest BCUT2D eigenvalue weighted by Crippen LogP contribution is -2.33. The molecule has 0 saturated carbocycles. The number of thiocarbonyl (C=S) groups is 1. The molecule has 0 radical (unpaired) electrons. The van der Waals surface area contributed by atoms with Crippen LogP contribution in [0.4, 0.5) is 4.39 Å². The highest BCUT2D eigenvalue weighted by atomic mass is 35.5. The number of halogens is 2. The fraction of sp³-hybridized carbons (Fsp3) is 0.462. The molecular formula is C13H18ClFN2S. The Morgan fingerprint density at radius 3 is 2.72 bits per heavy atom. The molecule has 0 saturated heterocycles. The van der Waals surface area contributed by atoms with Crippen molar-refractivity contribution in [1.29, 1.82) is 0 Å². The van der Waals surface area contributed by atoms with Crippen molar-refractivity contribution in [1.82, 2.24) is 4.90 Å². The molecule has 2 N–H and O–H groups in total. The second kappa shape index (κ2) is 7.02. The average molecular weight is 289 g/mol. The van der Waals surface area contributed by atoms with Gasteiger partial charge in [-0.1, -0.05) is 36.0 Å². The fourth-order valence-corrected chi connectivity index (χ4v) is 1.95. The molecule has 0 aliphatic carbocycles. The maximum absolute atomic E-state index is 13.8. The SMILES string of the molecule is CC(C)N(CCC(N)=S)Cc1cccc(Cl)c1F. The van der Waals surface area contributed by atoms with E-state index in [1.807, 2.05) is 0 Å². The van der Waals surface area contributed by atoms with Crippen LogP contribution in [-0.2, 0) is 6.54 Å². The molecule has 0 bridgehead atoms. The number of benzene rings is 1. The Labute approximate surface area is 118 Å². The number of rotatable bonds is 6. The van der Waals surface area contributed by atoms with Gasteiger partial charge in [-0.05, 0) is 19.9 Å². The summed E-state index contributed by atoms with van der Waals surface area (Å²) >= 11 is 10.6. The van der Waals surface area contributed by atoms with Crippen molar-refractivity contribution in [2.45, 2.75) is 32.9 Å². The molecule has 0 fully saturated rings. The highest BCUT2D eigenvalue weighted by Gasteiger charge is 2.14. The van der Waals surface area contributed by atoms with Crippen LogP contribution in [-0.4, -0.2) is 22.5 Å². The molecule has 0 aromatic heterocycles. The van der Waals surface area contributed by atoms with Crippen molar-refractivity contribution in [2.24, 2.45) is 5.73 Å². The summed E-state index contributed by atoms with van der Waals surface area (Å²) < 4.78 is 13.8. The van der Waals surface area contributed by atoms with Gasteiger partial charge in [0, 0.05) is 31.1 Å². The first-order valence-corrected chi connectivity index (χ1v) is 6.65. The third-order valence-electron chi connectivity index (χ3n) is 2.78. The summed E-state index contributed by atoms with van der Waals surface area (Å²) in [4.78, 5) is 2.60. The van der Waals surface area contributed by atoms with Gasteiger partial charge in [-0.3, -0.25) is 4.90 Å². The molecule has 5 heteroatoms. The summed E-state index contributed by atoms with van der Waals surface area (Å²) in [6.07, 6.45) is 0.635. The number of nitrogens with zero attached hydrogens (tertiary/aromatic N) is 1. The predicted molar refractivity (Wildman–Crippen MR) is 78.4 cm³/mol. The fourth-order valence-electron chi connectivity index (χ4n) is 1.66. The molecule has 0 heterocycles. The molecule has 2 nitrogen and oxygen atoms in total. The zero-order valence-electron chi connectivity index (χ0n) is 10.6. The Bertz CT molecular complexity index is 423. The number of nitrogens with two attached hydrogens (primary N) is 1. The van der Waals surface area contributed by atoms with Gasteiger partial charge in [0.1, 0.15) is 5.82 Å². The number of hydrogen-bond donors (Lipinski definition) is 1. The Hall–Kier alpha value is -0.710. The van der Waals surface area contributed by atoms with Gasteiger partial charge < -0.3 is 5.73 Å². The monoisotopic (exact) mass is 288 g/mol. The lowest BCUT2D eigenvalue weighted by molar-refractivity contribution is 0.216. The van der Waals surface area contributed by atoms with Crippen molar-refractivity contribution in [3.8, 4) is 0 Å². The highest BCUT2D eigenvalue weighted by Crippen LogP contribution is 2.20. The van der Waals surface area contributed by atoms with E-state index < -0.39 is 0 Å². The van der Waals surface area contributed by atoms with Crippen molar-refractivity contribution in [3.63, 3.8) is 0 Å². The van der Waals surface area contributed by atoms with Crippen LogP contribution >= 0.6 is 23.8 Å². The van der Waals surface area contributed by atoms with Crippen LogP contribution in [0.5, 0.6) is 0 Å². The van der Waals surface area contributed by atoms with E-state index in [1.54, 1.807) is 18.2 Å².